The van der Waals surface area contributed by atoms with Crippen molar-refractivity contribution in [3.8, 4) is 0 Å². The molecule has 1 aliphatic rings. The van der Waals surface area contributed by atoms with E-state index >= 15 is 0 Å². The molecule has 19 heavy (non-hydrogen) atoms. The molecule has 1 aliphatic heterocycles. The van der Waals surface area contributed by atoms with Gasteiger partial charge in [-0.15, -0.1) is 0 Å². The summed E-state index contributed by atoms with van der Waals surface area (Å²) in [6.45, 7) is 0.698. The van der Waals surface area contributed by atoms with Crippen LogP contribution in [0.5, 0.6) is 0 Å². The maximum atomic E-state index is 10.4. The Balaban J connectivity index is 1.96. The molecule has 1 atom stereocenters. The number of rotatable bonds is 2. The summed E-state index contributed by atoms with van der Waals surface area (Å²) in [4.78, 5) is 0. The van der Waals surface area contributed by atoms with E-state index in [4.69, 9.17) is 4.74 Å². The Bertz CT molecular complexity index is 634. The van der Waals surface area contributed by atoms with Gasteiger partial charge in [-0.2, -0.15) is 0 Å². The van der Waals surface area contributed by atoms with Crippen molar-refractivity contribution in [1.82, 2.24) is 0 Å². The van der Waals surface area contributed by atoms with Gasteiger partial charge in [0, 0.05) is 4.47 Å². The van der Waals surface area contributed by atoms with Crippen molar-refractivity contribution in [2.45, 2.75) is 18.9 Å². The van der Waals surface area contributed by atoms with Gasteiger partial charge in [0.2, 0.25) is 0 Å². The number of allylic oxidation sites excluding steroid dienone is 1. The average molecular weight is 319 g/mol. The lowest BCUT2D eigenvalue weighted by molar-refractivity contribution is 0.0919. The smallest absolute Gasteiger partial charge is 0.136 e. The molecular weight excluding hydrogens is 304 g/mol. The maximum absolute atomic E-state index is 10.4. The molecule has 3 heteroatoms. The van der Waals surface area contributed by atoms with Crippen LogP contribution in [0.4, 0.5) is 0 Å². The zero-order valence-electron chi connectivity index (χ0n) is 10.5. The minimum Gasteiger partial charge on any atom is -0.495 e. The van der Waals surface area contributed by atoms with E-state index in [1.54, 1.807) is 0 Å². The summed E-state index contributed by atoms with van der Waals surface area (Å²) in [5.41, 5.74) is 0.878. The molecule has 3 rings (SSSR count). The number of fused-ring (bicyclic) bond motifs is 1. The Kier molecular flexibility index (Phi) is 3.58. The highest BCUT2D eigenvalue weighted by atomic mass is 79.9. The maximum Gasteiger partial charge on any atom is 0.136 e. The predicted octanol–water partition coefficient (Wildman–Crippen LogP) is 4.33. The van der Waals surface area contributed by atoms with E-state index in [9.17, 15) is 5.11 Å². The number of hydrogen-bond acceptors (Lipinski definition) is 2. The van der Waals surface area contributed by atoms with Gasteiger partial charge in [-0.3, -0.25) is 0 Å². The van der Waals surface area contributed by atoms with Gasteiger partial charge in [0.05, 0.1) is 6.61 Å². The molecule has 0 saturated carbocycles. The third-order valence-corrected chi connectivity index (χ3v) is 3.87. The Morgan fingerprint density at radius 3 is 2.68 bits per heavy atom. The Hall–Kier alpha value is -1.32. The van der Waals surface area contributed by atoms with Gasteiger partial charge in [0.1, 0.15) is 11.9 Å². The molecule has 2 aromatic rings. The fraction of sp³-hybridized carbons (Fsp3) is 0.250. The van der Waals surface area contributed by atoms with E-state index < -0.39 is 6.10 Å². The quantitative estimate of drug-likeness (QED) is 0.893. The molecule has 0 aromatic heterocycles. The van der Waals surface area contributed by atoms with Crippen LogP contribution in [-0.2, 0) is 4.74 Å². The standard InChI is InChI=1S/C16H15BrO2/c17-14-7-6-11-9-13(5-4-12(11)10-14)16(18)15-3-1-2-8-19-15/h3-7,9-10,16,18H,1-2,8H2. The highest BCUT2D eigenvalue weighted by Crippen LogP contribution is 2.29. The first kappa shape index (κ1) is 12.7. The van der Waals surface area contributed by atoms with Crippen molar-refractivity contribution in [3.63, 3.8) is 0 Å². The van der Waals surface area contributed by atoms with E-state index in [0.29, 0.717) is 12.4 Å². The molecule has 1 unspecified atom stereocenters. The summed E-state index contributed by atoms with van der Waals surface area (Å²) in [7, 11) is 0. The third kappa shape index (κ3) is 2.67. The Labute approximate surface area is 120 Å². The van der Waals surface area contributed by atoms with E-state index in [1.165, 1.54) is 0 Å². The van der Waals surface area contributed by atoms with Gasteiger partial charge in [0.25, 0.3) is 0 Å². The summed E-state index contributed by atoms with van der Waals surface area (Å²) in [5.74, 6) is 0.683. The summed E-state index contributed by atoms with van der Waals surface area (Å²) in [5, 5.41) is 12.6. The van der Waals surface area contributed by atoms with Crippen LogP contribution in [0.2, 0.25) is 0 Å². The van der Waals surface area contributed by atoms with Gasteiger partial charge in [-0.1, -0.05) is 34.1 Å². The first-order valence-electron chi connectivity index (χ1n) is 6.44. The van der Waals surface area contributed by atoms with Gasteiger partial charge >= 0.3 is 0 Å². The fourth-order valence-corrected chi connectivity index (χ4v) is 2.72. The molecule has 1 heterocycles. The summed E-state index contributed by atoms with van der Waals surface area (Å²) < 4.78 is 6.59. The van der Waals surface area contributed by atoms with Crippen LogP contribution in [0.1, 0.15) is 24.5 Å². The van der Waals surface area contributed by atoms with Crippen molar-refractivity contribution >= 4 is 26.7 Å². The molecule has 0 spiro atoms. The second kappa shape index (κ2) is 5.35. The minimum atomic E-state index is -0.659. The van der Waals surface area contributed by atoms with E-state index in [2.05, 4.69) is 22.0 Å². The minimum absolute atomic E-state index is 0.659. The molecule has 0 radical (unpaired) electrons. The van der Waals surface area contributed by atoms with E-state index in [1.807, 2.05) is 36.4 Å². The first-order valence-corrected chi connectivity index (χ1v) is 7.23. The monoisotopic (exact) mass is 318 g/mol. The van der Waals surface area contributed by atoms with Crippen molar-refractivity contribution < 1.29 is 9.84 Å². The van der Waals surface area contributed by atoms with Crippen LogP contribution in [0.15, 0.2) is 52.7 Å². The summed E-state index contributed by atoms with van der Waals surface area (Å²) >= 11 is 3.46. The third-order valence-electron chi connectivity index (χ3n) is 3.37. The number of halogens is 1. The zero-order valence-corrected chi connectivity index (χ0v) is 12.1. The van der Waals surface area contributed by atoms with Crippen molar-refractivity contribution in [1.29, 1.82) is 0 Å². The molecule has 0 aliphatic carbocycles. The van der Waals surface area contributed by atoms with Gasteiger partial charge < -0.3 is 9.84 Å². The lowest BCUT2D eigenvalue weighted by Crippen LogP contribution is -2.09. The molecular formula is C16H15BrO2. The molecule has 0 amide bonds. The number of ether oxygens (including phenoxy) is 1. The first-order chi connectivity index (χ1) is 9.24. The van der Waals surface area contributed by atoms with E-state index in [-0.39, 0.29) is 0 Å². The van der Waals surface area contributed by atoms with Crippen LogP contribution in [0.3, 0.4) is 0 Å². The summed E-state index contributed by atoms with van der Waals surface area (Å²) in [6.07, 6.45) is 3.34. The molecule has 2 nitrogen and oxygen atoms in total. The second-order valence-corrected chi connectivity index (χ2v) is 5.67. The van der Waals surface area contributed by atoms with Crippen molar-refractivity contribution in [2.75, 3.05) is 6.61 Å². The lowest BCUT2D eigenvalue weighted by atomic mass is 10.0. The molecule has 0 bridgehead atoms. The largest absolute Gasteiger partial charge is 0.495 e. The number of benzene rings is 2. The predicted molar refractivity (Wildman–Crippen MR) is 79.9 cm³/mol. The average Bonchev–Trinajstić information content (AvgIpc) is 2.47. The summed E-state index contributed by atoms with van der Waals surface area (Å²) in [6, 6.07) is 12.1. The fourth-order valence-electron chi connectivity index (χ4n) is 2.34. The van der Waals surface area contributed by atoms with Crippen LogP contribution >= 0.6 is 15.9 Å². The van der Waals surface area contributed by atoms with Crippen LogP contribution < -0.4 is 0 Å². The molecule has 0 saturated heterocycles. The van der Waals surface area contributed by atoms with Crippen molar-refractivity contribution in [2.24, 2.45) is 0 Å². The molecule has 1 N–H and O–H groups in total. The number of aliphatic hydroxyl groups excluding tert-OH is 1. The molecule has 2 aromatic carbocycles. The lowest BCUT2D eigenvalue weighted by Gasteiger charge is -2.20. The van der Waals surface area contributed by atoms with Crippen LogP contribution in [0, 0.1) is 0 Å². The SMILES string of the molecule is OC(C1=CCCCO1)c1ccc2cc(Br)ccc2c1. The molecule has 98 valence electrons. The van der Waals surface area contributed by atoms with Crippen LogP contribution in [-0.4, -0.2) is 11.7 Å². The topological polar surface area (TPSA) is 29.5 Å². The molecule has 0 fully saturated rings. The van der Waals surface area contributed by atoms with Gasteiger partial charge in [-0.05, 0) is 53.5 Å². The van der Waals surface area contributed by atoms with E-state index in [0.717, 1.165) is 33.7 Å². The van der Waals surface area contributed by atoms with Gasteiger partial charge in [0.15, 0.2) is 0 Å². The Morgan fingerprint density at radius 1 is 1.11 bits per heavy atom. The normalized spacial score (nSPS) is 16.8. The highest BCUT2D eigenvalue weighted by molar-refractivity contribution is 9.10. The number of hydrogen-bond donors (Lipinski definition) is 1. The number of aliphatic hydroxyl groups is 1. The van der Waals surface area contributed by atoms with Gasteiger partial charge in [-0.25, -0.2) is 0 Å². The van der Waals surface area contributed by atoms with Crippen LogP contribution in [0.25, 0.3) is 10.8 Å². The van der Waals surface area contributed by atoms with Crippen molar-refractivity contribution in [3.05, 3.63) is 58.3 Å². The highest BCUT2D eigenvalue weighted by Gasteiger charge is 2.17. The second-order valence-electron chi connectivity index (χ2n) is 4.75. The zero-order chi connectivity index (χ0) is 13.2. The Morgan fingerprint density at radius 2 is 1.89 bits per heavy atom.